The Morgan fingerprint density at radius 2 is 1.55 bits per heavy atom. The first-order chi connectivity index (χ1) is 23.6. The normalized spacial score (nSPS) is 11.0. The number of halogens is 3. The number of carboxylic acids is 1. The topological polar surface area (TPSA) is 98.1 Å². The summed E-state index contributed by atoms with van der Waals surface area (Å²) in [5, 5.41) is 12.2. The highest BCUT2D eigenvalue weighted by Crippen LogP contribution is 2.38. The monoisotopic (exact) mass is 692 g/mol. The Kier molecular flexibility index (Phi) is 11.4. The predicted molar refractivity (Wildman–Crippen MR) is 183 cm³/mol. The standard InChI is InChI=1S/C36H35F3N4O5S/c1-42(25-10-12-31(46-2)33(17-25)48-4)34-20-41-36(43(34)26-9-11-28(37)32(18-26)47-3)49-21-27-29(38)15-24(16-30(27)39)23-7-5-22(6-8-23)19-40-14-13-35(44)45/h5-12,15-18,20,40H,13-14,19,21H2,1-4H3,(H,44,45). The van der Waals surface area contributed by atoms with Crippen molar-refractivity contribution >= 4 is 29.2 Å². The van der Waals surface area contributed by atoms with Crippen LogP contribution in [-0.4, -0.2) is 55.5 Å². The summed E-state index contributed by atoms with van der Waals surface area (Å²) in [6.45, 7) is 0.805. The molecule has 0 aliphatic heterocycles. The smallest absolute Gasteiger partial charge is 0.304 e. The van der Waals surface area contributed by atoms with Crippen LogP contribution in [0.15, 0.2) is 84.1 Å². The minimum absolute atomic E-state index is 0.0156. The van der Waals surface area contributed by atoms with Crippen molar-refractivity contribution in [2.45, 2.75) is 23.9 Å². The van der Waals surface area contributed by atoms with Gasteiger partial charge in [-0.2, -0.15) is 0 Å². The molecular formula is C36H35F3N4O5S. The Labute approximate surface area is 286 Å². The minimum Gasteiger partial charge on any atom is -0.494 e. The highest BCUT2D eigenvalue weighted by Gasteiger charge is 2.21. The van der Waals surface area contributed by atoms with Gasteiger partial charge in [0.1, 0.15) is 17.5 Å². The summed E-state index contributed by atoms with van der Waals surface area (Å²) in [4.78, 5) is 17.1. The number of hydrogen-bond donors (Lipinski definition) is 2. The molecule has 13 heteroatoms. The number of carboxylic acid groups (broad SMARTS) is 1. The van der Waals surface area contributed by atoms with Gasteiger partial charge in [0, 0.05) is 49.3 Å². The van der Waals surface area contributed by atoms with E-state index in [1.807, 2.05) is 30.1 Å². The fraction of sp³-hybridized carbons (Fsp3) is 0.222. The largest absolute Gasteiger partial charge is 0.494 e. The molecule has 5 rings (SSSR count). The molecule has 1 aromatic heterocycles. The van der Waals surface area contributed by atoms with E-state index >= 15 is 8.78 Å². The Morgan fingerprint density at radius 3 is 2.20 bits per heavy atom. The number of ether oxygens (including phenoxy) is 3. The summed E-state index contributed by atoms with van der Waals surface area (Å²) in [6.07, 6.45) is 1.64. The van der Waals surface area contributed by atoms with E-state index in [0.717, 1.165) is 23.0 Å². The van der Waals surface area contributed by atoms with Crippen LogP contribution in [0.2, 0.25) is 0 Å². The molecular weight excluding hydrogens is 657 g/mol. The van der Waals surface area contributed by atoms with E-state index in [1.165, 1.54) is 31.4 Å². The van der Waals surface area contributed by atoms with Crippen molar-refractivity contribution in [1.82, 2.24) is 14.9 Å². The zero-order valence-corrected chi connectivity index (χ0v) is 28.1. The van der Waals surface area contributed by atoms with Gasteiger partial charge in [-0.1, -0.05) is 36.0 Å². The number of methoxy groups -OCH3 is 3. The number of anilines is 2. The maximum Gasteiger partial charge on any atom is 0.304 e. The van der Waals surface area contributed by atoms with Crippen LogP contribution in [0.25, 0.3) is 16.8 Å². The number of benzene rings is 4. The Hall–Kier alpha value is -5.14. The van der Waals surface area contributed by atoms with Crippen LogP contribution >= 0.6 is 11.8 Å². The number of nitrogens with one attached hydrogen (secondary N) is 1. The third kappa shape index (κ3) is 8.12. The molecule has 0 aliphatic rings. The van der Waals surface area contributed by atoms with Gasteiger partial charge in [0.05, 0.1) is 39.6 Å². The van der Waals surface area contributed by atoms with Gasteiger partial charge in [0.2, 0.25) is 0 Å². The SMILES string of the molecule is COc1cc(-n2c(N(C)c3ccc(OC)c(OC)c3)cnc2SCc2c(F)cc(-c3ccc(CNCCC(=O)O)cc3)cc2F)ccc1F. The van der Waals surface area contributed by atoms with E-state index in [2.05, 4.69) is 10.3 Å². The van der Waals surface area contributed by atoms with Gasteiger partial charge in [0.25, 0.3) is 0 Å². The van der Waals surface area contributed by atoms with Crippen LogP contribution in [0.1, 0.15) is 17.5 Å². The van der Waals surface area contributed by atoms with Crippen LogP contribution in [-0.2, 0) is 17.1 Å². The molecule has 0 radical (unpaired) electrons. The maximum absolute atomic E-state index is 15.5. The van der Waals surface area contributed by atoms with E-state index in [9.17, 15) is 9.18 Å². The predicted octanol–water partition coefficient (Wildman–Crippen LogP) is 7.61. The molecule has 0 aliphatic carbocycles. The molecule has 0 saturated heterocycles. The van der Waals surface area contributed by atoms with Crippen molar-refractivity contribution in [3.05, 3.63) is 108 Å². The summed E-state index contributed by atoms with van der Waals surface area (Å²) in [5.41, 5.74) is 3.07. The quantitative estimate of drug-likeness (QED) is 0.0849. The first kappa shape index (κ1) is 35.2. The number of carbonyl (C=O) groups is 1. The number of aliphatic carboxylic acids is 1. The summed E-state index contributed by atoms with van der Waals surface area (Å²) >= 11 is 1.13. The minimum atomic E-state index is -0.879. The van der Waals surface area contributed by atoms with Gasteiger partial charge in [-0.3, -0.25) is 9.36 Å². The molecule has 256 valence electrons. The molecule has 2 N–H and O–H groups in total. The number of aromatic nitrogens is 2. The van der Waals surface area contributed by atoms with Crippen LogP contribution in [0, 0.1) is 17.5 Å². The van der Waals surface area contributed by atoms with Gasteiger partial charge in [-0.15, -0.1) is 0 Å². The lowest BCUT2D eigenvalue weighted by Gasteiger charge is -2.23. The third-order valence-corrected chi connectivity index (χ3v) is 8.80. The lowest BCUT2D eigenvalue weighted by atomic mass is 10.0. The highest BCUT2D eigenvalue weighted by atomic mass is 32.2. The third-order valence-electron chi connectivity index (χ3n) is 7.82. The number of thioether (sulfide) groups is 1. The Morgan fingerprint density at radius 1 is 0.857 bits per heavy atom. The van der Waals surface area contributed by atoms with Crippen molar-refractivity contribution in [2.75, 3.05) is 39.8 Å². The van der Waals surface area contributed by atoms with E-state index in [1.54, 1.807) is 55.3 Å². The molecule has 0 fully saturated rings. The molecule has 0 atom stereocenters. The van der Waals surface area contributed by atoms with E-state index in [4.69, 9.17) is 19.3 Å². The van der Waals surface area contributed by atoms with E-state index in [0.29, 0.717) is 52.4 Å². The second kappa shape index (κ2) is 15.8. The summed E-state index contributed by atoms with van der Waals surface area (Å²) < 4.78 is 63.2. The van der Waals surface area contributed by atoms with Crippen molar-refractivity contribution in [1.29, 1.82) is 0 Å². The fourth-order valence-electron chi connectivity index (χ4n) is 5.15. The number of nitrogens with zero attached hydrogens (tertiary/aromatic N) is 3. The maximum atomic E-state index is 15.5. The van der Waals surface area contributed by atoms with Gasteiger partial charge in [-0.05, 0) is 53.1 Å². The first-order valence-corrected chi connectivity index (χ1v) is 16.1. The lowest BCUT2D eigenvalue weighted by Crippen LogP contribution is -2.17. The van der Waals surface area contributed by atoms with Gasteiger partial charge in [0.15, 0.2) is 28.2 Å². The molecule has 0 bridgehead atoms. The molecule has 49 heavy (non-hydrogen) atoms. The summed E-state index contributed by atoms with van der Waals surface area (Å²) in [5.74, 6) is -1.21. The molecule has 9 nitrogen and oxygen atoms in total. The van der Waals surface area contributed by atoms with Crippen LogP contribution in [0.5, 0.6) is 17.2 Å². The van der Waals surface area contributed by atoms with E-state index < -0.39 is 23.4 Å². The molecule has 4 aromatic carbocycles. The van der Waals surface area contributed by atoms with Crippen molar-refractivity contribution < 1.29 is 37.3 Å². The molecule has 5 aromatic rings. The zero-order chi connectivity index (χ0) is 35.1. The Balaban J connectivity index is 1.41. The second-order valence-corrected chi connectivity index (χ2v) is 11.8. The van der Waals surface area contributed by atoms with Gasteiger partial charge >= 0.3 is 5.97 Å². The average molecular weight is 693 g/mol. The van der Waals surface area contributed by atoms with Crippen molar-refractivity contribution in [3.8, 4) is 34.1 Å². The first-order valence-electron chi connectivity index (χ1n) is 15.1. The average Bonchev–Trinajstić information content (AvgIpc) is 3.53. The van der Waals surface area contributed by atoms with Crippen LogP contribution in [0.3, 0.4) is 0 Å². The molecule has 0 spiro atoms. The molecule has 1 heterocycles. The number of rotatable bonds is 15. The number of imidazole rings is 1. The molecule has 0 amide bonds. The van der Waals surface area contributed by atoms with Gasteiger partial charge in [-0.25, -0.2) is 18.2 Å². The summed E-state index contributed by atoms with van der Waals surface area (Å²) in [6, 6.07) is 19.6. The molecule has 0 saturated carbocycles. The lowest BCUT2D eigenvalue weighted by molar-refractivity contribution is -0.136. The highest BCUT2D eigenvalue weighted by molar-refractivity contribution is 7.98. The fourth-order valence-corrected chi connectivity index (χ4v) is 6.15. The molecule has 0 unspecified atom stereocenters. The van der Waals surface area contributed by atoms with Crippen LogP contribution in [0.4, 0.5) is 24.7 Å². The van der Waals surface area contributed by atoms with Crippen molar-refractivity contribution in [2.24, 2.45) is 0 Å². The Bertz CT molecular complexity index is 1910. The van der Waals surface area contributed by atoms with E-state index in [-0.39, 0.29) is 23.5 Å². The zero-order valence-electron chi connectivity index (χ0n) is 27.3. The van der Waals surface area contributed by atoms with Gasteiger partial charge < -0.3 is 29.5 Å². The number of hydrogen-bond acceptors (Lipinski definition) is 8. The summed E-state index contributed by atoms with van der Waals surface area (Å²) in [7, 11) is 6.28. The van der Waals surface area contributed by atoms with Crippen molar-refractivity contribution in [3.63, 3.8) is 0 Å². The second-order valence-electron chi connectivity index (χ2n) is 10.9. The van der Waals surface area contributed by atoms with Crippen LogP contribution < -0.4 is 24.4 Å².